The van der Waals surface area contributed by atoms with Crippen LogP contribution < -0.4 is 9.62 Å². The molecular formula is C21H18N4O3S. The summed E-state index contributed by atoms with van der Waals surface area (Å²) in [4.78, 5) is 17.3. The Bertz CT molecular complexity index is 1390. The molecule has 1 aliphatic rings. The van der Waals surface area contributed by atoms with Crippen molar-refractivity contribution in [2.24, 2.45) is 0 Å². The van der Waals surface area contributed by atoms with Crippen LogP contribution in [0.3, 0.4) is 0 Å². The van der Waals surface area contributed by atoms with Gasteiger partial charge in [-0.1, -0.05) is 30.3 Å². The molecule has 2 aromatic carbocycles. The maximum atomic E-state index is 13.0. The van der Waals surface area contributed by atoms with E-state index in [0.29, 0.717) is 16.8 Å². The second-order valence-electron chi connectivity index (χ2n) is 7.07. The van der Waals surface area contributed by atoms with Crippen LogP contribution in [0.5, 0.6) is 0 Å². The number of sulfonamides is 1. The van der Waals surface area contributed by atoms with E-state index in [0.717, 1.165) is 16.6 Å². The van der Waals surface area contributed by atoms with Gasteiger partial charge in [0, 0.05) is 17.8 Å². The number of benzene rings is 2. The first-order valence-electron chi connectivity index (χ1n) is 9.19. The fourth-order valence-electron chi connectivity index (χ4n) is 3.79. The second kappa shape index (κ2) is 6.31. The lowest BCUT2D eigenvalue weighted by Gasteiger charge is -2.18. The Morgan fingerprint density at radius 1 is 1.10 bits per heavy atom. The van der Waals surface area contributed by atoms with Crippen molar-refractivity contribution < 1.29 is 13.2 Å². The van der Waals surface area contributed by atoms with Crippen molar-refractivity contribution in [1.29, 1.82) is 0 Å². The van der Waals surface area contributed by atoms with E-state index >= 15 is 0 Å². The van der Waals surface area contributed by atoms with Crippen LogP contribution in [0.2, 0.25) is 0 Å². The van der Waals surface area contributed by atoms with Gasteiger partial charge in [-0.25, -0.2) is 13.4 Å². The monoisotopic (exact) mass is 406 g/mol. The van der Waals surface area contributed by atoms with Crippen molar-refractivity contribution in [3.8, 4) is 0 Å². The molecular weight excluding hydrogens is 388 g/mol. The average Bonchev–Trinajstić information content (AvgIpc) is 3.22. The van der Waals surface area contributed by atoms with Crippen molar-refractivity contribution in [2.45, 2.75) is 18.4 Å². The lowest BCUT2D eigenvalue weighted by molar-refractivity contribution is -0.119. The summed E-state index contributed by atoms with van der Waals surface area (Å²) < 4.78 is 29.0. The second-order valence-corrected chi connectivity index (χ2v) is 8.90. The number of imidazole rings is 1. The van der Waals surface area contributed by atoms with Gasteiger partial charge in [-0.05, 0) is 36.1 Å². The molecule has 0 fully saturated rings. The molecule has 0 saturated heterocycles. The molecule has 146 valence electrons. The van der Waals surface area contributed by atoms with E-state index in [2.05, 4.69) is 10.3 Å². The van der Waals surface area contributed by atoms with Gasteiger partial charge in [0.15, 0.2) is 0 Å². The summed E-state index contributed by atoms with van der Waals surface area (Å²) in [7, 11) is -3.75. The van der Waals surface area contributed by atoms with Gasteiger partial charge in [0.2, 0.25) is 5.91 Å². The molecule has 8 heteroatoms. The summed E-state index contributed by atoms with van der Waals surface area (Å²) in [5, 5.41) is 4.29. The Kier molecular flexibility index (Phi) is 3.85. The quantitative estimate of drug-likeness (QED) is 0.565. The Morgan fingerprint density at radius 2 is 1.90 bits per heavy atom. The lowest BCUT2D eigenvalue weighted by atomic mass is 10.1. The third kappa shape index (κ3) is 2.75. The lowest BCUT2D eigenvalue weighted by Crippen LogP contribution is -2.38. The van der Waals surface area contributed by atoms with E-state index in [-0.39, 0.29) is 23.9 Å². The minimum Gasteiger partial charge on any atom is -0.349 e. The van der Waals surface area contributed by atoms with E-state index in [1.807, 2.05) is 48.0 Å². The number of anilines is 1. The minimum absolute atomic E-state index is 0.227. The van der Waals surface area contributed by atoms with E-state index in [4.69, 9.17) is 0 Å². The number of carbonyl (C=O) groups excluding carboxylic acids is 1. The first kappa shape index (κ1) is 17.7. The van der Waals surface area contributed by atoms with Crippen LogP contribution in [0.1, 0.15) is 11.3 Å². The number of hydrogen-bond acceptors (Lipinski definition) is 4. The highest BCUT2D eigenvalue weighted by molar-refractivity contribution is 7.93. The number of nitrogens with one attached hydrogen (secondary N) is 1. The molecule has 29 heavy (non-hydrogen) atoms. The first-order chi connectivity index (χ1) is 13.9. The molecule has 0 radical (unpaired) electrons. The predicted molar refractivity (Wildman–Crippen MR) is 110 cm³/mol. The molecule has 7 nitrogen and oxygen atoms in total. The van der Waals surface area contributed by atoms with Crippen LogP contribution in [-0.2, 0) is 21.4 Å². The Labute approximate surface area is 167 Å². The van der Waals surface area contributed by atoms with Gasteiger partial charge in [0.05, 0.1) is 22.8 Å². The smallest absolute Gasteiger partial charge is 0.265 e. The van der Waals surface area contributed by atoms with Gasteiger partial charge >= 0.3 is 0 Å². The SMILES string of the molecule is Cc1cccn2cc(CNC(=O)CN3c4cccc5cccc(c45)S3(=O)=O)nc12. The molecule has 2 aromatic heterocycles. The van der Waals surface area contributed by atoms with Gasteiger partial charge in [0.25, 0.3) is 10.0 Å². The molecule has 1 N–H and O–H groups in total. The normalized spacial score (nSPS) is 14.6. The molecule has 0 aliphatic carbocycles. The fraction of sp³-hybridized carbons (Fsp3) is 0.143. The van der Waals surface area contributed by atoms with Crippen LogP contribution in [0.4, 0.5) is 5.69 Å². The van der Waals surface area contributed by atoms with Gasteiger partial charge < -0.3 is 9.72 Å². The van der Waals surface area contributed by atoms with Crippen molar-refractivity contribution in [3.05, 3.63) is 72.2 Å². The summed E-state index contributed by atoms with van der Waals surface area (Å²) >= 11 is 0. The van der Waals surface area contributed by atoms with Gasteiger partial charge in [-0.15, -0.1) is 0 Å². The Balaban J connectivity index is 1.37. The summed E-state index contributed by atoms with van der Waals surface area (Å²) in [5.74, 6) is -0.382. The molecule has 0 unspecified atom stereocenters. The average molecular weight is 406 g/mol. The van der Waals surface area contributed by atoms with E-state index in [1.54, 1.807) is 24.3 Å². The number of rotatable bonds is 4. The zero-order chi connectivity index (χ0) is 20.2. The van der Waals surface area contributed by atoms with Crippen molar-refractivity contribution in [1.82, 2.24) is 14.7 Å². The number of hydrogen-bond donors (Lipinski definition) is 1. The third-order valence-corrected chi connectivity index (χ3v) is 6.96. The molecule has 5 rings (SSSR count). The number of pyridine rings is 1. The van der Waals surface area contributed by atoms with Crippen LogP contribution in [-0.4, -0.2) is 30.3 Å². The maximum absolute atomic E-state index is 13.0. The summed E-state index contributed by atoms with van der Waals surface area (Å²) in [6, 6.07) is 14.5. The molecule has 0 spiro atoms. The van der Waals surface area contributed by atoms with E-state index < -0.39 is 10.0 Å². The third-order valence-electron chi connectivity index (χ3n) is 5.16. The minimum atomic E-state index is -3.75. The van der Waals surface area contributed by atoms with Crippen LogP contribution in [0.25, 0.3) is 16.4 Å². The fourth-order valence-corrected chi connectivity index (χ4v) is 5.46. The van der Waals surface area contributed by atoms with Crippen molar-refractivity contribution >= 4 is 38.0 Å². The van der Waals surface area contributed by atoms with Crippen molar-refractivity contribution in [3.63, 3.8) is 0 Å². The predicted octanol–water partition coefficient (Wildman–Crippen LogP) is 2.62. The van der Waals surface area contributed by atoms with Crippen LogP contribution in [0.15, 0.2) is 65.8 Å². The van der Waals surface area contributed by atoms with Crippen LogP contribution >= 0.6 is 0 Å². The number of aromatic nitrogens is 2. The Hall–Kier alpha value is -3.39. The van der Waals surface area contributed by atoms with Crippen molar-refractivity contribution in [2.75, 3.05) is 10.8 Å². The topological polar surface area (TPSA) is 83.8 Å². The molecule has 4 aromatic rings. The largest absolute Gasteiger partial charge is 0.349 e. The van der Waals surface area contributed by atoms with E-state index in [1.165, 1.54) is 4.31 Å². The highest BCUT2D eigenvalue weighted by Gasteiger charge is 2.36. The zero-order valence-electron chi connectivity index (χ0n) is 15.7. The Morgan fingerprint density at radius 3 is 2.69 bits per heavy atom. The van der Waals surface area contributed by atoms with E-state index in [9.17, 15) is 13.2 Å². The zero-order valence-corrected chi connectivity index (χ0v) is 16.5. The molecule has 0 bridgehead atoms. The van der Waals surface area contributed by atoms with Gasteiger partial charge in [0.1, 0.15) is 12.2 Å². The number of carbonyl (C=O) groups is 1. The highest BCUT2D eigenvalue weighted by atomic mass is 32.2. The standard InChI is InChI=1S/C21H18N4O3S/c1-14-5-4-10-24-12-16(23-21(14)24)11-22-19(26)13-25-17-8-2-6-15-7-3-9-18(20(15)17)29(25,27)28/h2-10,12H,11,13H2,1H3,(H,22,26). The molecule has 3 heterocycles. The summed E-state index contributed by atoms with van der Waals surface area (Å²) in [6.45, 7) is 1.93. The summed E-state index contributed by atoms with van der Waals surface area (Å²) in [6.07, 6.45) is 3.75. The maximum Gasteiger partial charge on any atom is 0.265 e. The molecule has 0 atom stereocenters. The molecule has 1 amide bonds. The number of nitrogens with zero attached hydrogens (tertiary/aromatic N) is 3. The van der Waals surface area contributed by atoms with Gasteiger partial charge in [-0.3, -0.25) is 9.10 Å². The highest BCUT2D eigenvalue weighted by Crippen LogP contribution is 2.41. The molecule has 1 aliphatic heterocycles. The molecule has 0 saturated carbocycles. The van der Waals surface area contributed by atoms with Crippen LogP contribution in [0, 0.1) is 6.92 Å². The number of aryl methyl sites for hydroxylation is 1. The first-order valence-corrected chi connectivity index (χ1v) is 10.6. The summed E-state index contributed by atoms with van der Waals surface area (Å²) in [5.41, 5.74) is 3.12. The van der Waals surface area contributed by atoms with Gasteiger partial charge in [-0.2, -0.15) is 0 Å². The number of fused-ring (bicyclic) bond motifs is 1. The number of amides is 1.